The van der Waals surface area contributed by atoms with Crippen molar-refractivity contribution in [2.45, 2.75) is 16.2 Å². The van der Waals surface area contributed by atoms with Crippen LogP contribution < -0.4 is 10.2 Å². The second-order valence-electron chi connectivity index (χ2n) is 6.93. The van der Waals surface area contributed by atoms with Crippen LogP contribution in [0.5, 0.6) is 11.5 Å². The Bertz CT molecular complexity index is 1130. The van der Waals surface area contributed by atoms with E-state index in [9.17, 15) is 18.3 Å². The van der Waals surface area contributed by atoms with E-state index >= 15 is 0 Å². The lowest BCUT2D eigenvalue weighted by atomic mass is 10.1. The number of aromatic nitrogens is 1. The Morgan fingerprint density at radius 2 is 1.66 bits per heavy atom. The van der Waals surface area contributed by atoms with Crippen LogP contribution in [0.3, 0.4) is 0 Å². The Labute approximate surface area is 190 Å². The molecule has 1 amide bonds. The molecule has 0 radical (unpaired) electrons. The summed E-state index contributed by atoms with van der Waals surface area (Å²) < 4.78 is 31.4. The molecule has 0 aliphatic carbocycles. The van der Waals surface area contributed by atoms with Gasteiger partial charge in [-0.15, -0.1) is 0 Å². The van der Waals surface area contributed by atoms with E-state index in [1.54, 1.807) is 36.5 Å². The molecule has 3 aromatic rings. The van der Waals surface area contributed by atoms with E-state index in [4.69, 9.17) is 9.94 Å². The number of nitrogens with zero attached hydrogens (tertiary/aromatic N) is 1. The minimum atomic E-state index is -4.06. The number of thioether (sulfide) groups is 1. The summed E-state index contributed by atoms with van der Waals surface area (Å²) in [7, 11) is -4.06. The van der Waals surface area contributed by atoms with Crippen LogP contribution in [-0.4, -0.2) is 46.7 Å². The first kappa shape index (κ1) is 23.7. The van der Waals surface area contributed by atoms with Gasteiger partial charge in [-0.2, -0.15) is 11.8 Å². The monoisotopic (exact) mass is 474 g/mol. The lowest BCUT2D eigenvalue weighted by Crippen LogP contribution is -2.52. The minimum Gasteiger partial charge on any atom is -0.457 e. The third-order valence-corrected chi connectivity index (χ3v) is 7.46. The summed E-state index contributed by atoms with van der Waals surface area (Å²) in [5, 5.41) is 19.8. The summed E-state index contributed by atoms with van der Waals surface area (Å²) >= 11 is 1.13. The average molecular weight is 475 g/mol. The predicted molar refractivity (Wildman–Crippen MR) is 120 cm³/mol. The molecule has 1 heterocycles. The van der Waals surface area contributed by atoms with Gasteiger partial charge < -0.3 is 9.84 Å². The van der Waals surface area contributed by atoms with Crippen LogP contribution in [0, 0.1) is 0 Å². The molecular formula is C22H22N2O6S2. The zero-order valence-electron chi connectivity index (χ0n) is 16.9. The molecule has 1 unspecified atom stereocenters. The highest BCUT2D eigenvalue weighted by Gasteiger charge is 2.41. The number of rotatable bonds is 10. The number of hydrogen-bond acceptors (Lipinski definition) is 8. The fraction of sp³-hybridized carbons (Fsp3) is 0.182. The lowest BCUT2D eigenvalue weighted by Gasteiger charge is -2.25. The van der Waals surface area contributed by atoms with E-state index in [1.807, 2.05) is 18.2 Å². The Morgan fingerprint density at radius 1 is 1.00 bits per heavy atom. The SMILES string of the molecule is O=C(NO)C(O)(CSCc1ccccn1)CS(=O)(=O)c1ccc(Oc2ccccc2)cc1. The van der Waals surface area contributed by atoms with Gasteiger partial charge in [0.2, 0.25) is 0 Å². The number of ether oxygens (including phenoxy) is 1. The normalized spacial score (nSPS) is 13.2. The van der Waals surface area contributed by atoms with Crippen molar-refractivity contribution in [2.75, 3.05) is 11.5 Å². The molecule has 0 saturated heterocycles. The van der Waals surface area contributed by atoms with Crippen LogP contribution >= 0.6 is 11.8 Å². The zero-order valence-corrected chi connectivity index (χ0v) is 18.6. The van der Waals surface area contributed by atoms with Crippen molar-refractivity contribution in [1.29, 1.82) is 0 Å². The van der Waals surface area contributed by atoms with Gasteiger partial charge >= 0.3 is 0 Å². The van der Waals surface area contributed by atoms with Crippen molar-refractivity contribution in [2.24, 2.45) is 0 Å². The van der Waals surface area contributed by atoms with E-state index in [1.165, 1.54) is 29.7 Å². The van der Waals surface area contributed by atoms with Gasteiger partial charge in [-0.05, 0) is 48.5 Å². The van der Waals surface area contributed by atoms with Crippen molar-refractivity contribution < 1.29 is 28.3 Å². The first-order chi connectivity index (χ1) is 15.3. The highest BCUT2D eigenvalue weighted by molar-refractivity contribution is 7.98. The maximum atomic E-state index is 12.9. The highest BCUT2D eigenvalue weighted by Crippen LogP contribution is 2.26. The lowest BCUT2D eigenvalue weighted by molar-refractivity contribution is -0.144. The van der Waals surface area contributed by atoms with E-state index in [0.717, 1.165) is 11.8 Å². The number of hydrogen-bond donors (Lipinski definition) is 3. The molecule has 3 rings (SSSR count). The molecule has 0 spiro atoms. The highest BCUT2D eigenvalue weighted by atomic mass is 32.2. The fourth-order valence-corrected chi connectivity index (χ4v) is 5.58. The first-order valence-corrected chi connectivity index (χ1v) is 12.3. The standard InChI is InChI=1S/C22H22N2O6S2/c25-21(24-27)22(26,15-31-14-17-6-4-5-13-23-17)16-32(28,29)20-11-9-19(10-12-20)30-18-7-2-1-3-8-18/h1-13,26-27H,14-16H2,(H,24,25). The topological polar surface area (TPSA) is 126 Å². The summed E-state index contributed by atoms with van der Waals surface area (Å²) in [6, 6.07) is 20.0. The zero-order chi connectivity index (χ0) is 23.0. The molecule has 0 aliphatic rings. The van der Waals surface area contributed by atoms with Gasteiger partial charge in [-0.3, -0.25) is 15.0 Å². The van der Waals surface area contributed by atoms with Gasteiger partial charge in [0.05, 0.1) is 16.3 Å². The first-order valence-electron chi connectivity index (χ1n) is 9.53. The molecule has 0 bridgehead atoms. The van der Waals surface area contributed by atoms with Crippen molar-refractivity contribution in [3.8, 4) is 11.5 Å². The van der Waals surface area contributed by atoms with Crippen LogP contribution in [0.1, 0.15) is 5.69 Å². The van der Waals surface area contributed by atoms with Gasteiger partial charge in [0.25, 0.3) is 5.91 Å². The molecule has 0 fully saturated rings. The molecule has 0 aliphatic heterocycles. The molecular weight excluding hydrogens is 452 g/mol. The van der Waals surface area contributed by atoms with E-state index in [-0.39, 0.29) is 10.6 Å². The Kier molecular flexibility index (Phi) is 7.86. The molecule has 3 N–H and O–H groups in total. The number of nitrogens with one attached hydrogen (secondary N) is 1. The summed E-state index contributed by atoms with van der Waals surface area (Å²) in [5.41, 5.74) is -0.269. The van der Waals surface area contributed by atoms with Gasteiger partial charge in [0.1, 0.15) is 11.5 Å². The number of pyridine rings is 1. The number of benzene rings is 2. The Hall–Kier alpha value is -2.92. The third-order valence-electron chi connectivity index (χ3n) is 4.43. The van der Waals surface area contributed by atoms with Crippen LogP contribution in [0.25, 0.3) is 0 Å². The molecule has 32 heavy (non-hydrogen) atoms. The van der Waals surface area contributed by atoms with Gasteiger partial charge in [-0.25, -0.2) is 13.9 Å². The van der Waals surface area contributed by atoms with Crippen LogP contribution in [0.4, 0.5) is 0 Å². The second-order valence-corrected chi connectivity index (χ2v) is 9.91. The summed E-state index contributed by atoms with van der Waals surface area (Å²) in [6.07, 6.45) is 1.61. The second kappa shape index (κ2) is 10.6. The molecule has 8 nitrogen and oxygen atoms in total. The van der Waals surface area contributed by atoms with Crippen molar-refractivity contribution >= 4 is 27.5 Å². The summed E-state index contributed by atoms with van der Waals surface area (Å²) in [5.74, 6) is -0.969. The molecule has 10 heteroatoms. The quantitative estimate of drug-likeness (QED) is 0.303. The number of amides is 1. The number of para-hydroxylation sites is 1. The fourth-order valence-electron chi connectivity index (χ4n) is 2.82. The number of aliphatic hydroxyl groups is 1. The number of hydroxylamine groups is 1. The predicted octanol–water partition coefficient (Wildman–Crippen LogP) is 2.82. The molecule has 2 aromatic carbocycles. The number of carbonyl (C=O) groups excluding carboxylic acids is 1. The maximum absolute atomic E-state index is 12.9. The Balaban J connectivity index is 1.70. The maximum Gasteiger partial charge on any atom is 0.277 e. The van der Waals surface area contributed by atoms with Crippen molar-refractivity contribution in [1.82, 2.24) is 10.5 Å². The minimum absolute atomic E-state index is 0.0863. The van der Waals surface area contributed by atoms with E-state index in [0.29, 0.717) is 22.9 Å². The Morgan fingerprint density at radius 3 is 2.28 bits per heavy atom. The summed E-state index contributed by atoms with van der Waals surface area (Å²) in [4.78, 5) is 16.2. The number of sulfone groups is 1. The van der Waals surface area contributed by atoms with Crippen LogP contribution in [0.2, 0.25) is 0 Å². The van der Waals surface area contributed by atoms with E-state index < -0.39 is 27.1 Å². The van der Waals surface area contributed by atoms with Crippen molar-refractivity contribution in [3.05, 3.63) is 84.7 Å². The van der Waals surface area contributed by atoms with Gasteiger partial charge in [0.15, 0.2) is 15.4 Å². The molecule has 1 aromatic heterocycles. The molecule has 0 saturated carbocycles. The average Bonchev–Trinajstić information content (AvgIpc) is 2.80. The largest absolute Gasteiger partial charge is 0.457 e. The smallest absolute Gasteiger partial charge is 0.277 e. The molecule has 1 atom stereocenters. The van der Waals surface area contributed by atoms with Gasteiger partial charge in [0, 0.05) is 17.7 Å². The third kappa shape index (κ3) is 6.30. The van der Waals surface area contributed by atoms with Gasteiger partial charge in [-0.1, -0.05) is 24.3 Å². The van der Waals surface area contributed by atoms with E-state index in [2.05, 4.69) is 4.98 Å². The number of carbonyl (C=O) groups is 1. The van der Waals surface area contributed by atoms with Crippen molar-refractivity contribution in [3.63, 3.8) is 0 Å². The van der Waals surface area contributed by atoms with Crippen LogP contribution in [-0.2, 0) is 20.4 Å². The summed E-state index contributed by atoms with van der Waals surface area (Å²) in [6.45, 7) is 0. The van der Waals surface area contributed by atoms with Crippen LogP contribution in [0.15, 0.2) is 83.9 Å². The molecule has 168 valence electrons.